The summed E-state index contributed by atoms with van der Waals surface area (Å²) < 4.78 is 42.2. The van der Waals surface area contributed by atoms with Crippen LogP contribution in [0, 0.1) is 44.2 Å². The van der Waals surface area contributed by atoms with Crippen molar-refractivity contribution < 1.29 is 43.8 Å². The zero-order chi connectivity index (χ0) is 15.4. The maximum Gasteiger partial charge on any atom is 0 e. The molecule has 0 amide bonds. The van der Waals surface area contributed by atoms with Crippen LogP contribution in [0.4, 0.5) is 0 Å². The summed E-state index contributed by atoms with van der Waals surface area (Å²) in [5.41, 5.74) is 0. The van der Waals surface area contributed by atoms with Crippen molar-refractivity contribution in [2.45, 2.75) is 12.2 Å². The van der Waals surface area contributed by atoms with Crippen LogP contribution < -0.4 is 0 Å². The van der Waals surface area contributed by atoms with Crippen LogP contribution in [-0.2, 0) is 46.1 Å². The molecular weight excluding hydrogens is 440 g/mol. The summed E-state index contributed by atoms with van der Waals surface area (Å²) in [6.45, 7) is 18.4. The summed E-state index contributed by atoms with van der Waals surface area (Å²) in [7, 11) is 0. The Morgan fingerprint density at radius 3 is 1.58 bits per heavy atom. The summed E-state index contributed by atoms with van der Waals surface area (Å²) in [5.74, 6) is 0. The van der Waals surface area contributed by atoms with Crippen molar-refractivity contribution in [2.24, 2.45) is 0 Å². The zero-order valence-corrected chi connectivity index (χ0v) is 13.5. The van der Waals surface area contributed by atoms with Gasteiger partial charge in [0, 0.05) is 26.3 Å². The van der Waals surface area contributed by atoms with Crippen molar-refractivity contribution >= 4 is 11.1 Å². The molecule has 1 aromatic carbocycles. The standard InChI is InChI=1S/C5H.C4H8O2S.3CO.W/c1-2-4-5-3-1;1-3-4(2)7(5)6;3*1-2;/h1H;3-4H,1H2,2H3,(H,5,6);;;;/q-5;;;;;/p-1. The smallest absolute Gasteiger partial charge is 0 e. The second-order valence-corrected chi connectivity index (χ2v) is 3.15. The summed E-state index contributed by atoms with van der Waals surface area (Å²) in [6, 6.07) is 12.0. The molecule has 19 heavy (non-hydrogen) atoms. The molecule has 0 aromatic heterocycles. The Morgan fingerprint density at radius 2 is 1.53 bits per heavy atom. The number of hydrogen-bond acceptors (Lipinski definition) is 2. The molecule has 0 aliphatic heterocycles. The van der Waals surface area contributed by atoms with E-state index in [0.717, 1.165) is 0 Å². The van der Waals surface area contributed by atoms with Gasteiger partial charge < -0.3 is 34.9 Å². The summed E-state index contributed by atoms with van der Waals surface area (Å²) in [4.78, 5) is 0. The van der Waals surface area contributed by atoms with Gasteiger partial charge >= 0.3 is 33.9 Å². The minimum Gasteiger partial charge on any atom is -0.999 e. The van der Waals surface area contributed by atoms with Gasteiger partial charge in [-0.1, -0.05) is 6.08 Å². The average Bonchev–Trinajstić information content (AvgIpc) is 3.03. The maximum atomic E-state index is 9.86. The van der Waals surface area contributed by atoms with Gasteiger partial charge in [-0.2, -0.15) is 0 Å². The maximum absolute atomic E-state index is 9.86. The van der Waals surface area contributed by atoms with Crippen molar-refractivity contribution in [1.29, 1.82) is 0 Å². The molecule has 2 atom stereocenters. The predicted octanol–water partition coefficient (Wildman–Crippen LogP) is 0.931. The van der Waals surface area contributed by atoms with E-state index in [0.29, 0.717) is 0 Å². The molecule has 0 aliphatic carbocycles. The second kappa shape index (κ2) is 36.0. The minimum atomic E-state index is -1.98. The van der Waals surface area contributed by atoms with Crippen LogP contribution in [0.3, 0.4) is 0 Å². The van der Waals surface area contributed by atoms with Crippen molar-refractivity contribution in [3.63, 3.8) is 0 Å². The van der Waals surface area contributed by atoms with Gasteiger partial charge in [0.2, 0.25) is 0 Å². The van der Waals surface area contributed by atoms with Crippen LogP contribution >= 0.6 is 0 Å². The first-order chi connectivity index (χ1) is 8.68. The average molecular weight is 448 g/mol. The van der Waals surface area contributed by atoms with Gasteiger partial charge in [0.1, 0.15) is 0 Å². The number of rotatable bonds is 2. The normalized spacial score (nSPS) is 9.05. The van der Waals surface area contributed by atoms with Crippen LogP contribution in [0.5, 0.6) is 0 Å². The van der Waals surface area contributed by atoms with Gasteiger partial charge in [-0.3, -0.25) is 4.21 Å². The Labute approximate surface area is 130 Å². The second-order valence-electron chi connectivity index (χ2n) is 1.88. The molecule has 0 heterocycles. The molecule has 0 fully saturated rings. The third-order valence-electron chi connectivity index (χ3n) is 0.987. The molecule has 0 spiro atoms. The molecule has 104 valence electrons. The van der Waals surface area contributed by atoms with E-state index in [-0.39, 0.29) is 21.1 Å². The third-order valence-corrected chi connectivity index (χ3v) is 1.79. The molecule has 0 N–H and O–H groups in total. The molecular formula is C12H8O5SW-6. The first kappa shape index (κ1) is 30.8. The molecule has 7 heteroatoms. The van der Waals surface area contributed by atoms with E-state index >= 15 is 0 Å². The van der Waals surface area contributed by atoms with E-state index in [2.05, 4.69) is 50.8 Å². The van der Waals surface area contributed by atoms with Crippen molar-refractivity contribution in [3.05, 3.63) is 62.9 Å². The van der Waals surface area contributed by atoms with E-state index in [4.69, 9.17) is 14.0 Å². The van der Waals surface area contributed by atoms with Gasteiger partial charge in [-0.15, -0.1) is 6.58 Å². The quantitative estimate of drug-likeness (QED) is 0.291. The summed E-state index contributed by atoms with van der Waals surface area (Å²) >= 11 is -1.98. The Kier molecular flexibility index (Phi) is 58.4. The van der Waals surface area contributed by atoms with E-state index in [1.165, 1.54) is 6.08 Å². The zero-order valence-electron chi connectivity index (χ0n) is 9.80. The Morgan fingerprint density at radius 1 is 1.21 bits per heavy atom. The molecule has 1 aromatic rings. The molecule has 1 rings (SSSR count). The third kappa shape index (κ3) is 38.2. The van der Waals surface area contributed by atoms with Gasteiger partial charge in [0.05, 0.1) is 0 Å². The SMILES string of the molecule is C=CC(C)S(=O)[O-].[C-]#[O+].[C-]#[O+].[C-]#[O+].[W].[c-]1[c-][c-][cH-][c-]1. The summed E-state index contributed by atoms with van der Waals surface area (Å²) in [5, 5.41) is -0.417. The molecule has 0 aliphatic rings. The van der Waals surface area contributed by atoms with Crippen LogP contribution in [0.2, 0.25) is 0 Å². The van der Waals surface area contributed by atoms with Gasteiger partial charge in [-0.25, -0.2) is 0 Å². The van der Waals surface area contributed by atoms with Gasteiger partial charge in [-0.05, 0) is 18.0 Å². The predicted molar refractivity (Wildman–Crippen MR) is 57.7 cm³/mol. The van der Waals surface area contributed by atoms with Crippen molar-refractivity contribution in [3.8, 4) is 0 Å². The molecule has 0 saturated heterocycles. The molecule has 5 nitrogen and oxygen atoms in total. The monoisotopic (exact) mass is 448 g/mol. The largest absolute Gasteiger partial charge is 0.999 e. The van der Waals surface area contributed by atoms with E-state index < -0.39 is 16.3 Å². The number of hydrogen-bond donors (Lipinski definition) is 0. The Bertz CT molecular complexity index is 298. The fraction of sp³-hybridized carbons (Fsp3) is 0.167. The van der Waals surface area contributed by atoms with E-state index in [1.807, 2.05) is 0 Å². The molecule has 0 bridgehead atoms. The fourth-order valence-corrected chi connectivity index (χ4v) is 0.416. The topological polar surface area (TPSA) is 99.8 Å². The van der Waals surface area contributed by atoms with Crippen LogP contribution in [0.25, 0.3) is 0 Å². The summed E-state index contributed by atoms with van der Waals surface area (Å²) in [6.07, 6.45) is 1.38. The first-order valence-electron chi connectivity index (χ1n) is 3.83. The Hall–Kier alpha value is -0.892. The minimum absolute atomic E-state index is 0. The van der Waals surface area contributed by atoms with Crippen molar-refractivity contribution in [1.82, 2.24) is 0 Å². The molecule has 0 radical (unpaired) electrons. The van der Waals surface area contributed by atoms with Crippen LogP contribution in [0.15, 0.2) is 18.7 Å². The molecule has 0 saturated carbocycles. The Balaban J connectivity index is -0.0000000482. The van der Waals surface area contributed by atoms with Gasteiger partial charge in [0.15, 0.2) is 0 Å². The van der Waals surface area contributed by atoms with E-state index in [9.17, 15) is 8.76 Å². The van der Waals surface area contributed by atoms with E-state index in [1.54, 1.807) is 13.0 Å². The van der Waals surface area contributed by atoms with Crippen LogP contribution in [-0.4, -0.2) is 14.0 Å². The fourth-order valence-electron chi connectivity index (χ4n) is 0.259. The first-order valence-corrected chi connectivity index (χ1v) is 4.97. The molecule has 2 unspecified atom stereocenters. The van der Waals surface area contributed by atoms with Crippen molar-refractivity contribution in [2.75, 3.05) is 0 Å². The van der Waals surface area contributed by atoms with Gasteiger partial charge in [0.25, 0.3) is 0 Å². The van der Waals surface area contributed by atoms with Crippen LogP contribution in [0.1, 0.15) is 6.92 Å².